The lowest BCUT2D eigenvalue weighted by Crippen LogP contribution is -2.36. The van der Waals surface area contributed by atoms with Gasteiger partial charge >= 0.3 is 0 Å². The van der Waals surface area contributed by atoms with Crippen LogP contribution in [0, 0.1) is 19.3 Å². The first-order valence-electron chi connectivity index (χ1n) is 12.9. The summed E-state index contributed by atoms with van der Waals surface area (Å²) in [6.45, 7) is 8.11. The van der Waals surface area contributed by atoms with Crippen molar-refractivity contribution in [2.75, 3.05) is 26.7 Å². The van der Waals surface area contributed by atoms with Gasteiger partial charge in [0.25, 0.3) is 5.91 Å². The Labute approximate surface area is 225 Å². The Balaban J connectivity index is 1.51. The van der Waals surface area contributed by atoms with Crippen molar-refractivity contribution < 1.29 is 24.1 Å². The Hall–Kier alpha value is -3.73. The first-order valence-corrected chi connectivity index (χ1v) is 12.9. The second-order valence-electron chi connectivity index (χ2n) is 10.1. The van der Waals surface area contributed by atoms with E-state index in [0.29, 0.717) is 23.5 Å². The minimum absolute atomic E-state index is 0.146. The second-order valence-corrected chi connectivity index (χ2v) is 10.1. The number of carbonyl (C=O) groups excluding carboxylic acids is 1. The molecule has 1 amide bonds. The minimum atomic E-state index is -1.31. The number of aliphatic hydroxyl groups excluding tert-OH is 1. The number of hydrogen-bond acceptors (Lipinski definition) is 6. The number of allylic oxidation sites excluding steroid dienone is 2. The van der Waals surface area contributed by atoms with Gasteiger partial charge in [0.2, 0.25) is 6.29 Å². The third-order valence-corrected chi connectivity index (χ3v) is 6.77. The molecule has 4 rings (SSSR count). The number of nitrogens with one attached hydrogen (secondary N) is 1. The van der Waals surface area contributed by atoms with Crippen LogP contribution >= 0.6 is 0 Å². The van der Waals surface area contributed by atoms with Crippen molar-refractivity contribution in [1.82, 2.24) is 10.2 Å². The van der Waals surface area contributed by atoms with Crippen molar-refractivity contribution >= 4 is 12.0 Å². The highest BCUT2D eigenvalue weighted by molar-refractivity contribution is 5.96. The summed E-state index contributed by atoms with van der Waals surface area (Å²) in [5.41, 5.74) is 4.30. The van der Waals surface area contributed by atoms with Gasteiger partial charge in [0.1, 0.15) is 30.0 Å². The number of piperidine rings is 1. The summed E-state index contributed by atoms with van der Waals surface area (Å²) in [7, 11) is 2.12. The molecular formula is C31H36N2O5. The van der Waals surface area contributed by atoms with E-state index in [1.807, 2.05) is 32.9 Å². The summed E-state index contributed by atoms with van der Waals surface area (Å²) in [4.78, 5) is 15.4. The fourth-order valence-electron chi connectivity index (χ4n) is 4.54. The molecule has 1 atom stereocenters. The molecule has 2 aromatic rings. The summed E-state index contributed by atoms with van der Waals surface area (Å²) in [5, 5.41) is 13.5. The summed E-state index contributed by atoms with van der Waals surface area (Å²) in [6, 6.07) is 9.01. The van der Waals surface area contributed by atoms with E-state index in [1.165, 1.54) is 0 Å². The maximum Gasteiger partial charge on any atom is 0.255 e. The van der Waals surface area contributed by atoms with Crippen LogP contribution in [0.3, 0.4) is 0 Å². The Bertz CT molecular complexity index is 1280. The van der Waals surface area contributed by atoms with Gasteiger partial charge in [-0.15, -0.1) is 6.42 Å². The second kappa shape index (κ2) is 12.2. The first kappa shape index (κ1) is 27.3. The van der Waals surface area contributed by atoms with Gasteiger partial charge in [0.05, 0.1) is 5.70 Å². The van der Waals surface area contributed by atoms with Crippen LogP contribution in [0.1, 0.15) is 53.7 Å². The maximum atomic E-state index is 13.1. The molecule has 7 heteroatoms. The van der Waals surface area contributed by atoms with Crippen molar-refractivity contribution in [3.05, 3.63) is 69.9 Å². The van der Waals surface area contributed by atoms with E-state index in [-0.39, 0.29) is 24.3 Å². The van der Waals surface area contributed by atoms with Crippen molar-refractivity contribution in [2.24, 2.45) is 0 Å². The quantitative estimate of drug-likeness (QED) is 0.398. The number of terminal acetylenes is 1. The molecule has 0 aromatic heterocycles. The zero-order chi connectivity index (χ0) is 27.2. The van der Waals surface area contributed by atoms with Crippen molar-refractivity contribution in [2.45, 2.75) is 52.4 Å². The van der Waals surface area contributed by atoms with Crippen LogP contribution in [0.15, 0.2) is 47.7 Å². The van der Waals surface area contributed by atoms with E-state index >= 15 is 0 Å². The van der Waals surface area contributed by atoms with Crippen LogP contribution in [0.2, 0.25) is 0 Å². The largest absolute Gasteiger partial charge is 0.490 e. The van der Waals surface area contributed by atoms with Gasteiger partial charge in [0.15, 0.2) is 0 Å². The standard InChI is InChI=1S/C31H36N2O5/c1-6-17-36-28-12-10-24(18-22(28)8-7-20(2)3)30(34)32-26-19-23-9-11-27(21(4)29(23)38-31(26)35)37-25-13-15-33(5)16-14-25/h1,7,9-12,18-19,25,31,35H,8,13-17H2,2-5H3,(H,32,34). The van der Waals surface area contributed by atoms with Crippen LogP contribution in [0.5, 0.6) is 17.2 Å². The smallest absolute Gasteiger partial charge is 0.255 e. The highest BCUT2D eigenvalue weighted by Gasteiger charge is 2.26. The van der Waals surface area contributed by atoms with Crippen LogP contribution in [-0.4, -0.2) is 55.1 Å². The molecule has 0 saturated carbocycles. The van der Waals surface area contributed by atoms with Gasteiger partial charge in [-0.2, -0.15) is 0 Å². The number of carbonyl (C=O) groups is 1. The number of hydrogen-bond donors (Lipinski definition) is 2. The molecule has 2 aliphatic rings. The van der Waals surface area contributed by atoms with E-state index in [1.54, 1.807) is 24.3 Å². The molecule has 2 aliphatic heterocycles. The molecule has 0 aliphatic carbocycles. The molecule has 2 N–H and O–H groups in total. The number of likely N-dealkylation sites (tertiary alicyclic amines) is 1. The van der Waals surface area contributed by atoms with E-state index in [9.17, 15) is 9.90 Å². The highest BCUT2D eigenvalue weighted by atomic mass is 16.6. The number of amides is 1. The maximum absolute atomic E-state index is 13.1. The average molecular weight is 517 g/mol. The molecule has 2 aromatic carbocycles. The van der Waals surface area contributed by atoms with Crippen LogP contribution < -0.4 is 19.5 Å². The number of benzene rings is 2. The Morgan fingerprint density at radius 1 is 1.24 bits per heavy atom. The predicted octanol–water partition coefficient (Wildman–Crippen LogP) is 4.47. The molecule has 0 spiro atoms. The van der Waals surface area contributed by atoms with Gasteiger partial charge in [-0.3, -0.25) is 4.79 Å². The molecule has 1 saturated heterocycles. The first-order chi connectivity index (χ1) is 18.2. The lowest BCUT2D eigenvalue weighted by Gasteiger charge is -2.31. The normalized spacial score (nSPS) is 17.4. The van der Waals surface area contributed by atoms with Crippen molar-refractivity contribution in [3.63, 3.8) is 0 Å². The van der Waals surface area contributed by atoms with Crippen LogP contribution in [0.25, 0.3) is 6.08 Å². The van der Waals surface area contributed by atoms with Gasteiger partial charge in [-0.05, 0) is 89.1 Å². The third-order valence-electron chi connectivity index (χ3n) is 6.77. The van der Waals surface area contributed by atoms with E-state index in [2.05, 4.69) is 29.3 Å². The molecule has 1 fully saturated rings. The predicted molar refractivity (Wildman–Crippen MR) is 148 cm³/mol. The molecule has 7 nitrogen and oxygen atoms in total. The summed E-state index contributed by atoms with van der Waals surface area (Å²) < 4.78 is 17.8. The summed E-state index contributed by atoms with van der Waals surface area (Å²) in [6.07, 6.45) is 10.5. The van der Waals surface area contributed by atoms with Gasteiger partial charge in [0, 0.05) is 29.8 Å². The fraction of sp³-hybridized carbons (Fsp3) is 0.387. The SMILES string of the molecule is C#CCOc1ccc(C(=O)NC2=Cc3ccc(OC4CCN(C)CC4)c(C)c3OC2O)cc1CC=C(C)C. The van der Waals surface area contributed by atoms with Crippen molar-refractivity contribution in [3.8, 4) is 29.6 Å². The van der Waals surface area contributed by atoms with Crippen LogP contribution in [0.4, 0.5) is 0 Å². The van der Waals surface area contributed by atoms with Crippen LogP contribution in [-0.2, 0) is 6.42 Å². The average Bonchev–Trinajstić information content (AvgIpc) is 2.90. The molecule has 2 heterocycles. The van der Waals surface area contributed by atoms with Gasteiger partial charge < -0.3 is 29.5 Å². The summed E-state index contributed by atoms with van der Waals surface area (Å²) in [5.74, 6) is 4.05. The zero-order valence-electron chi connectivity index (χ0n) is 22.5. The van der Waals surface area contributed by atoms with E-state index in [0.717, 1.165) is 53.9 Å². The molecular weight excluding hydrogens is 480 g/mol. The zero-order valence-corrected chi connectivity index (χ0v) is 22.5. The van der Waals surface area contributed by atoms with E-state index < -0.39 is 6.29 Å². The number of ether oxygens (including phenoxy) is 3. The number of nitrogens with zero attached hydrogens (tertiary/aromatic N) is 1. The Morgan fingerprint density at radius 2 is 1.97 bits per heavy atom. The Morgan fingerprint density at radius 3 is 2.68 bits per heavy atom. The van der Waals surface area contributed by atoms with Gasteiger partial charge in [-0.1, -0.05) is 17.6 Å². The third kappa shape index (κ3) is 6.58. The molecule has 38 heavy (non-hydrogen) atoms. The topological polar surface area (TPSA) is 80.3 Å². The lowest BCUT2D eigenvalue weighted by molar-refractivity contribution is 0.00667. The molecule has 0 radical (unpaired) electrons. The minimum Gasteiger partial charge on any atom is -0.490 e. The monoisotopic (exact) mass is 516 g/mol. The van der Waals surface area contributed by atoms with Gasteiger partial charge in [-0.25, -0.2) is 0 Å². The molecule has 0 bridgehead atoms. The lowest BCUT2D eigenvalue weighted by atomic mass is 10.0. The van der Waals surface area contributed by atoms with Crippen molar-refractivity contribution in [1.29, 1.82) is 0 Å². The fourth-order valence-corrected chi connectivity index (χ4v) is 4.54. The van der Waals surface area contributed by atoms with E-state index in [4.69, 9.17) is 20.6 Å². The highest BCUT2D eigenvalue weighted by Crippen LogP contribution is 2.37. The summed E-state index contributed by atoms with van der Waals surface area (Å²) >= 11 is 0. The number of aliphatic hydroxyl groups is 1. The number of rotatable bonds is 8. The number of fused-ring (bicyclic) bond motifs is 1. The Kier molecular flexibility index (Phi) is 8.77. The molecule has 1 unspecified atom stereocenters. The molecule has 200 valence electrons.